The Balaban J connectivity index is 1.59. The van der Waals surface area contributed by atoms with Gasteiger partial charge in [-0.25, -0.2) is 4.79 Å². The number of amides is 1. The number of benzene rings is 2. The van der Waals surface area contributed by atoms with Crippen LogP contribution in [0.4, 0.5) is 5.69 Å². The number of hydrogen-bond donors (Lipinski definition) is 0. The molecule has 0 aliphatic carbocycles. The van der Waals surface area contributed by atoms with E-state index in [1.165, 1.54) is 6.07 Å². The van der Waals surface area contributed by atoms with Gasteiger partial charge < -0.3 is 14.4 Å². The molecule has 0 spiro atoms. The fourth-order valence-electron chi connectivity index (χ4n) is 3.11. The minimum Gasteiger partial charge on any atom is -0.480 e. The Labute approximate surface area is 167 Å². The standard InChI is InChI=1S/C20H19Cl2NO4/c1-12-9-14-5-3-4-6-17(14)23(12)20(25)13(2)27-19(24)11-26-18-8-7-15(21)10-16(18)22/h3-8,10,12-13H,9,11H2,1-2H3/t12-,13+/m1/s1. The van der Waals surface area contributed by atoms with Crippen molar-refractivity contribution in [3.05, 3.63) is 58.1 Å². The number of carbonyl (C=O) groups excluding carboxylic acids is 2. The molecule has 0 N–H and O–H groups in total. The first-order chi connectivity index (χ1) is 12.9. The number of fused-ring (bicyclic) bond motifs is 1. The summed E-state index contributed by atoms with van der Waals surface area (Å²) in [7, 11) is 0. The first kappa shape index (κ1) is 19.5. The lowest BCUT2D eigenvalue weighted by molar-refractivity contribution is -0.155. The SMILES string of the molecule is C[C@H](OC(=O)COc1ccc(Cl)cc1Cl)C(=O)N1c2ccccc2C[C@H]1C. The van der Waals surface area contributed by atoms with Gasteiger partial charge in [-0.15, -0.1) is 0 Å². The Kier molecular flexibility index (Phi) is 5.92. The van der Waals surface area contributed by atoms with E-state index in [1.54, 1.807) is 24.0 Å². The molecular weight excluding hydrogens is 389 g/mol. The van der Waals surface area contributed by atoms with Crippen LogP contribution in [0.25, 0.3) is 0 Å². The van der Waals surface area contributed by atoms with Gasteiger partial charge in [0.05, 0.1) is 5.02 Å². The first-order valence-electron chi connectivity index (χ1n) is 8.55. The van der Waals surface area contributed by atoms with Crippen molar-refractivity contribution >= 4 is 40.8 Å². The van der Waals surface area contributed by atoms with Crippen molar-refractivity contribution < 1.29 is 19.1 Å². The van der Waals surface area contributed by atoms with Gasteiger partial charge in [-0.3, -0.25) is 4.79 Å². The number of para-hydroxylation sites is 1. The van der Waals surface area contributed by atoms with Gasteiger partial charge in [0, 0.05) is 16.8 Å². The summed E-state index contributed by atoms with van der Waals surface area (Å²) < 4.78 is 10.6. The smallest absolute Gasteiger partial charge is 0.344 e. The van der Waals surface area contributed by atoms with Crippen molar-refractivity contribution in [2.45, 2.75) is 32.4 Å². The quantitative estimate of drug-likeness (QED) is 0.693. The Bertz CT molecular complexity index is 871. The Morgan fingerprint density at radius 1 is 1.22 bits per heavy atom. The van der Waals surface area contributed by atoms with Crippen LogP contribution in [0.15, 0.2) is 42.5 Å². The second-order valence-corrected chi connectivity index (χ2v) is 7.23. The van der Waals surface area contributed by atoms with Crippen LogP contribution in [0.1, 0.15) is 19.4 Å². The molecule has 1 heterocycles. The molecule has 0 aromatic heterocycles. The molecule has 0 saturated carbocycles. The highest BCUT2D eigenvalue weighted by atomic mass is 35.5. The number of esters is 1. The molecule has 2 atom stereocenters. The van der Waals surface area contributed by atoms with Gasteiger partial charge in [0.1, 0.15) is 5.75 Å². The summed E-state index contributed by atoms with van der Waals surface area (Å²) in [5.74, 6) is -0.591. The third kappa shape index (κ3) is 4.37. The zero-order valence-electron chi connectivity index (χ0n) is 14.9. The maximum absolute atomic E-state index is 12.8. The van der Waals surface area contributed by atoms with Crippen LogP contribution in [0.3, 0.4) is 0 Å². The van der Waals surface area contributed by atoms with Crippen LogP contribution >= 0.6 is 23.2 Å². The molecule has 0 fully saturated rings. The molecule has 1 aliphatic heterocycles. The lowest BCUT2D eigenvalue weighted by Gasteiger charge is -2.25. The van der Waals surface area contributed by atoms with Gasteiger partial charge >= 0.3 is 5.97 Å². The van der Waals surface area contributed by atoms with E-state index >= 15 is 0 Å². The molecule has 142 valence electrons. The Hall–Kier alpha value is -2.24. The molecule has 0 radical (unpaired) electrons. The summed E-state index contributed by atoms with van der Waals surface area (Å²) in [4.78, 5) is 26.5. The maximum Gasteiger partial charge on any atom is 0.344 e. The molecule has 7 heteroatoms. The van der Waals surface area contributed by atoms with E-state index in [9.17, 15) is 9.59 Å². The first-order valence-corrected chi connectivity index (χ1v) is 9.30. The van der Waals surface area contributed by atoms with E-state index in [2.05, 4.69) is 0 Å². The highest BCUT2D eigenvalue weighted by molar-refractivity contribution is 6.35. The molecule has 1 amide bonds. The van der Waals surface area contributed by atoms with Crippen molar-refractivity contribution in [3.63, 3.8) is 0 Å². The molecular formula is C20H19Cl2NO4. The number of rotatable bonds is 5. The van der Waals surface area contributed by atoms with E-state index in [0.29, 0.717) is 15.8 Å². The lowest BCUT2D eigenvalue weighted by atomic mass is 10.1. The topological polar surface area (TPSA) is 55.8 Å². The van der Waals surface area contributed by atoms with E-state index < -0.39 is 12.1 Å². The molecule has 27 heavy (non-hydrogen) atoms. The van der Waals surface area contributed by atoms with Crippen LogP contribution in [0, 0.1) is 0 Å². The number of nitrogens with zero attached hydrogens (tertiary/aromatic N) is 1. The van der Waals surface area contributed by atoms with E-state index in [1.807, 2.05) is 31.2 Å². The molecule has 3 rings (SSSR count). The molecule has 5 nitrogen and oxygen atoms in total. The van der Waals surface area contributed by atoms with E-state index in [4.69, 9.17) is 32.7 Å². The Morgan fingerprint density at radius 3 is 2.70 bits per heavy atom. The summed E-state index contributed by atoms with van der Waals surface area (Å²) in [6.07, 6.45) is -0.142. The number of halogens is 2. The molecule has 2 aromatic rings. The predicted octanol–water partition coefficient (Wildman–Crippen LogP) is 4.28. The van der Waals surface area contributed by atoms with Crippen molar-refractivity contribution in [2.24, 2.45) is 0 Å². The van der Waals surface area contributed by atoms with Crippen LogP contribution in [0.2, 0.25) is 10.0 Å². The van der Waals surface area contributed by atoms with Crippen molar-refractivity contribution in [3.8, 4) is 5.75 Å². The normalized spacial score (nSPS) is 16.6. The Morgan fingerprint density at radius 2 is 1.96 bits per heavy atom. The van der Waals surface area contributed by atoms with Gasteiger partial charge in [-0.05, 0) is 50.1 Å². The highest BCUT2D eigenvalue weighted by Crippen LogP contribution is 2.32. The van der Waals surface area contributed by atoms with Crippen LogP contribution in [-0.4, -0.2) is 30.6 Å². The van der Waals surface area contributed by atoms with Gasteiger partial charge in [0.2, 0.25) is 0 Å². The minimum atomic E-state index is -0.921. The minimum absolute atomic E-state index is 0.0141. The monoisotopic (exact) mass is 407 g/mol. The van der Waals surface area contributed by atoms with Crippen LogP contribution in [0.5, 0.6) is 5.75 Å². The summed E-state index contributed by atoms with van der Waals surface area (Å²) >= 11 is 11.8. The number of ether oxygens (including phenoxy) is 2. The van der Waals surface area contributed by atoms with E-state index in [0.717, 1.165) is 17.7 Å². The van der Waals surface area contributed by atoms with Crippen molar-refractivity contribution in [1.29, 1.82) is 0 Å². The maximum atomic E-state index is 12.8. The van der Waals surface area contributed by atoms with Crippen LogP contribution < -0.4 is 9.64 Å². The van der Waals surface area contributed by atoms with Gasteiger partial charge in [-0.1, -0.05) is 41.4 Å². The fourth-order valence-corrected chi connectivity index (χ4v) is 3.57. The van der Waals surface area contributed by atoms with Gasteiger partial charge in [0.15, 0.2) is 12.7 Å². The molecule has 0 unspecified atom stereocenters. The third-order valence-electron chi connectivity index (χ3n) is 4.34. The third-order valence-corrected chi connectivity index (χ3v) is 4.87. The summed E-state index contributed by atoms with van der Waals surface area (Å²) in [5, 5.41) is 0.760. The predicted molar refractivity (Wildman–Crippen MR) is 105 cm³/mol. The second-order valence-electron chi connectivity index (χ2n) is 6.39. The lowest BCUT2D eigenvalue weighted by Crippen LogP contribution is -2.43. The number of carbonyl (C=O) groups is 2. The van der Waals surface area contributed by atoms with Crippen LogP contribution in [-0.2, 0) is 20.7 Å². The second kappa shape index (κ2) is 8.19. The zero-order valence-corrected chi connectivity index (χ0v) is 16.5. The number of hydrogen-bond acceptors (Lipinski definition) is 4. The number of anilines is 1. The van der Waals surface area contributed by atoms with E-state index in [-0.39, 0.29) is 18.6 Å². The largest absolute Gasteiger partial charge is 0.480 e. The average molecular weight is 408 g/mol. The fraction of sp³-hybridized carbons (Fsp3) is 0.300. The summed E-state index contributed by atoms with van der Waals surface area (Å²) in [5.41, 5.74) is 1.97. The molecule has 0 saturated heterocycles. The average Bonchev–Trinajstić information content (AvgIpc) is 2.96. The van der Waals surface area contributed by atoms with Gasteiger partial charge in [-0.2, -0.15) is 0 Å². The summed E-state index contributed by atoms with van der Waals surface area (Å²) in [6.45, 7) is 3.17. The van der Waals surface area contributed by atoms with Crippen molar-refractivity contribution in [1.82, 2.24) is 0 Å². The molecule has 2 aromatic carbocycles. The molecule has 1 aliphatic rings. The zero-order chi connectivity index (χ0) is 19.6. The molecule has 0 bridgehead atoms. The highest BCUT2D eigenvalue weighted by Gasteiger charge is 2.34. The summed E-state index contributed by atoms with van der Waals surface area (Å²) in [6, 6.07) is 12.4. The van der Waals surface area contributed by atoms with Gasteiger partial charge in [0.25, 0.3) is 5.91 Å². The van der Waals surface area contributed by atoms with Crippen molar-refractivity contribution in [2.75, 3.05) is 11.5 Å².